The standard InChI is InChI=1S/C16H15N3O2/c1-10-13(7-4-8-14(10)17)15-18-16(21-19-15)11-5-3-6-12(9-11)20-2/h3-9H,17H2,1-2H3. The van der Waals surface area contributed by atoms with Crippen molar-refractivity contribution in [1.29, 1.82) is 0 Å². The molecule has 0 aliphatic heterocycles. The van der Waals surface area contributed by atoms with Crippen molar-refractivity contribution < 1.29 is 9.26 Å². The molecule has 0 bridgehead atoms. The molecule has 0 unspecified atom stereocenters. The summed E-state index contributed by atoms with van der Waals surface area (Å²) in [4.78, 5) is 4.44. The average Bonchev–Trinajstić information content (AvgIpc) is 3.00. The van der Waals surface area contributed by atoms with E-state index in [1.165, 1.54) is 0 Å². The number of nitrogens with two attached hydrogens (primary N) is 1. The highest BCUT2D eigenvalue weighted by Gasteiger charge is 2.13. The van der Waals surface area contributed by atoms with Crippen LogP contribution in [0, 0.1) is 6.92 Å². The van der Waals surface area contributed by atoms with Crippen LogP contribution in [0.4, 0.5) is 5.69 Å². The minimum atomic E-state index is 0.450. The molecule has 3 rings (SSSR count). The van der Waals surface area contributed by atoms with E-state index in [-0.39, 0.29) is 0 Å². The first-order valence-corrected chi connectivity index (χ1v) is 6.52. The van der Waals surface area contributed by atoms with Gasteiger partial charge in [0.15, 0.2) is 0 Å². The summed E-state index contributed by atoms with van der Waals surface area (Å²) in [5.41, 5.74) is 9.24. The molecule has 2 aromatic carbocycles. The van der Waals surface area contributed by atoms with Crippen molar-refractivity contribution in [2.75, 3.05) is 12.8 Å². The minimum Gasteiger partial charge on any atom is -0.497 e. The number of methoxy groups -OCH3 is 1. The van der Waals surface area contributed by atoms with Crippen LogP contribution < -0.4 is 10.5 Å². The SMILES string of the molecule is COc1cccc(-c2nc(-c3cccc(N)c3C)no2)c1. The van der Waals surface area contributed by atoms with Crippen molar-refractivity contribution in [2.24, 2.45) is 0 Å². The van der Waals surface area contributed by atoms with E-state index in [1.54, 1.807) is 7.11 Å². The van der Waals surface area contributed by atoms with Crippen molar-refractivity contribution in [2.45, 2.75) is 6.92 Å². The van der Waals surface area contributed by atoms with Gasteiger partial charge >= 0.3 is 0 Å². The van der Waals surface area contributed by atoms with Crippen LogP contribution in [0.3, 0.4) is 0 Å². The number of nitrogen functional groups attached to an aromatic ring is 1. The summed E-state index contributed by atoms with van der Waals surface area (Å²) in [5, 5.41) is 4.04. The number of hydrogen-bond donors (Lipinski definition) is 1. The van der Waals surface area contributed by atoms with Gasteiger partial charge in [-0.3, -0.25) is 0 Å². The van der Waals surface area contributed by atoms with Gasteiger partial charge in [0.05, 0.1) is 7.11 Å². The van der Waals surface area contributed by atoms with Gasteiger partial charge in [-0.05, 0) is 36.8 Å². The van der Waals surface area contributed by atoms with Crippen LogP contribution in [-0.4, -0.2) is 17.3 Å². The summed E-state index contributed by atoms with van der Waals surface area (Å²) in [7, 11) is 1.62. The molecule has 5 heteroatoms. The summed E-state index contributed by atoms with van der Waals surface area (Å²) in [6.45, 7) is 1.94. The van der Waals surface area contributed by atoms with Gasteiger partial charge in [-0.1, -0.05) is 23.4 Å². The zero-order valence-electron chi connectivity index (χ0n) is 11.8. The van der Waals surface area contributed by atoms with E-state index in [0.29, 0.717) is 17.4 Å². The third-order valence-corrected chi connectivity index (χ3v) is 3.36. The normalized spacial score (nSPS) is 10.6. The first-order valence-electron chi connectivity index (χ1n) is 6.52. The van der Waals surface area contributed by atoms with E-state index >= 15 is 0 Å². The number of anilines is 1. The van der Waals surface area contributed by atoms with Crippen molar-refractivity contribution >= 4 is 5.69 Å². The number of ether oxygens (including phenoxy) is 1. The molecule has 1 heterocycles. The van der Waals surface area contributed by atoms with E-state index in [2.05, 4.69) is 10.1 Å². The van der Waals surface area contributed by atoms with E-state index in [4.69, 9.17) is 15.0 Å². The molecule has 0 saturated carbocycles. The van der Waals surface area contributed by atoms with Crippen LogP contribution in [-0.2, 0) is 0 Å². The topological polar surface area (TPSA) is 74.2 Å². The molecule has 0 spiro atoms. The smallest absolute Gasteiger partial charge is 0.258 e. The van der Waals surface area contributed by atoms with Crippen LogP contribution in [0.5, 0.6) is 5.75 Å². The maximum atomic E-state index is 5.91. The first kappa shape index (κ1) is 13.2. The Hall–Kier alpha value is -2.82. The second-order valence-electron chi connectivity index (χ2n) is 4.67. The Morgan fingerprint density at radius 1 is 1.14 bits per heavy atom. The molecule has 1 aromatic heterocycles. The van der Waals surface area contributed by atoms with Gasteiger partial charge in [0.2, 0.25) is 5.82 Å². The zero-order valence-corrected chi connectivity index (χ0v) is 11.8. The van der Waals surface area contributed by atoms with Crippen molar-refractivity contribution in [3.8, 4) is 28.6 Å². The van der Waals surface area contributed by atoms with Crippen molar-refractivity contribution in [3.63, 3.8) is 0 Å². The van der Waals surface area contributed by atoms with Crippen LogP contribution in [0.2, 0.25) is 0 Å². The molecule has 0 aliphatic carbocycles. The lowest BCUT2D eigenvalue weighted by Gasteiger charge is -2.03. The van der Waals surface area contributed by atoms with E-state index in [9.17, 15) is 0 Å². The van der Waals surface area contributed by atoms with E-state index in [1.807, 2.05) is 49.4 Å². The maximum Gasteiger partial charge on any atom is 0.258 e. The molecule has 0 aliphatic rings. The first-order chi connectivity index (χ1) is 10.2. The third-order valence-electron chi connectivity index (χ3n) is 3.36. The molecule has 2 N–H and O–H groups in total. The van der Waals surface area contributed by atoms with Crippen LogP contribution in [0.1, 0.15) is 5.56 Å². The van der Waals surface area contributed by atoms with Crippen LogP contribution in [0.15, 0.2) is 47.0 Å². The van der Waals surface area contributed by atoms with Gasteiger partial charge in [-0.25, -0.2) is 0 Å². The molecule has 0 atom stereocenters. The second-order valence-corrected chi connectivity index (χ2v) is 4.67. The quantitative estimate of drug-likeness (QED) is 0.745. The fraction of sp³-hybridized carbons (Fsp3) is 0.125. The summed E-state index contributed by atoms with van der Waals surface area (Å²) >= 11 is 0. The number of hydrogen-bond acceptors (Lipinski definition) is 5. The molecule has 0 fully saturated rings. The van der Waals surface area contributed by atoms with Gasteiger partial charge in [0, 0.05) is 16.8 Å². The summed E-state index contributed by atoms with van der Waals surface area (Å²) in [6, 6.07) is 13.1. The lowest BCUT2D eigenvalue weighted by molar-refractivity contribution is 0.413. The molecule has 0 radical (unpaired) electrons. The Morgan fingerprint density at radius 2 is 1.95 bits per heavy atom. The lowest BCUT2D eigenvalue weighted by atomic mass is 10.1. The van der Waals surface area contributed by atoms with Gasteiger partial charge in [-0.2, -0.15) is 4.98 Å². The molecule has 5 nitrogen and oxygen atoms in total. The van der Waals surface area contributed by atoms with Gasteiger partial charge in [0.25, 0.3) is 5.89 Å². The van der Waals surface area contributed by atoms with Gasteiger partial charge in [0.1, 0.15) is 5.75 Å². The predicted octanol–water partition coefficient (Wildman–Crippen LogP) is 3.30. The molecule has 3 aromatic rings. The fourth-order valence-electron chi connectivity index (χ4n) is 2.10. The molecular formula is C16H15N3O2. The third kappa shape index (κ3) is 2.45. The molecule has 0 saturated heterocycles. The Bertz CT molecular complexity index is 781. The maximum absolute atomic E-state index is 5.91. The molecule has 21 heavy (non-hydrogen) atoms. The monoisotopic (exact) mass is 281 g/mol. The largest absolute Gasteiger partial charge is 0.497 e. The van der Waals surface area contributed by atoms with Crippen LogP contribution >= 0.6 is 0 Å². The summed E-state index contributed by atoms with van der Waals surface area (Å²) in [6.07, 6.45) is 0. The van der Waals surface area contributed by atoms with Gasteiger partial charge < -0.3 is 15.0 Å². The zero-order chi connectivity index (χ0) is 14.8. The highest BCUT2D eigenvalue weighted by atomic mass is 16.5. The Labute approximate surface area is 122 Å². The number of benzene rings is 2. The number of nitrogens with zero attached hydrogens (tertiary/aromatic N) is 2. The lowest BCUT2D eigenvalue weighted by Crippen LogP contribution is -1.93. The minimum absolute atomic E-state index is 0.450. The highest BCUT2D eigenvalue weighted by Crippen LogP contribution is 2.28. The Balaban J connectivity index is 2.01. The summed E-state index contributed by atoms with van der Waals surface area (Å²) in [5.74, 6) is 1.72. The molecule has 106 valence electrons. The predicted molar refractivity (Wildman–Crippen MR) is 80.9 cm³/mol. The van der Waals surface area contributed by atoms with Gasteiger partial charge in [-0.15, -0.1) is 0 Å². The van der Waals surface area contributed by atoms with Crippen molar-refractivity contribution in [3.05, 3.63) is 48.0 Å². The molecule has 0 amide bonds. The second kappa shape index (κ2) is 5.28. The molecular weight excluding hydrogens is 266 g/mol. The number of rotatable bonds is 3. The average molecular weight is 281 g/mol. The Morgan fingerprint density at radius 3 is 2.76 bits per heavy atom. The van der Waals surface area contributed by atoms with E-state index in [0.717, 1.165) is 22.4 Å². The van der Waals surface area contributed by atoms with Crippen LogP contribution in [0.25, 0.3) is 22.8 Å². The highest BCUT2D eigenvalue weighted by molar-refractivity contribution is 5.69. The van der Waals surface area contributed by atoms with E-state index < -0.39 is 0 Å². The Kier molecular flexibility index (Phi) is 3.31. The summed E-state index contributed by atoms with van der Waals surface area (Å²) < 4.78 is 10.5. The number of aromatic nitrogens is 2. The van der Waals surface area contributed by atoms with Crippen molar-refractivity contribution in [1.82, 2.24) is 10.1 Å². The fourth-order valence-corrected chi connectivity index (χ4v) is 2.10.